The van der Waals surface area contributed by atoms with Gasteiger partial charge in [0.1, 0.15) is 5.75 Å². The second-order valence-corrected chi connectivity index (χ2v) is 6.92. The summed E-state index contributed by atoms with van der Waals surface area (Å²) in [6, 6.07) is 12.5. The summed E-state index contributed by atoms with van der Waals surface area (Å²) in [5.74, 6) is 0.372. The van der Waals surface area contributed by atoms with E-state index < -0.39 is 0 Å². The molecule has 0 heterocycles. The van der Waals surface area contributed by atoms with Crippen LogP contribution in [0.4, 0.5) is 0 Å². The minimum Gasteiger partial charge on any atom is -0.508 e. The van der Waals surface area contributed by atoms with Crippen LogP contribution < -0.4 is 0 Å². The van der Waals surface area contributed by atoms with E-state index in [4.69, 9.17) is 0 Å². The van der Waals surface area contributed by atoms with E-state index in [1.54, 1.807) is 6.07 Å². The lowest BCUT2D eigenvalue weighted by Gasteiger charge is -2.32. The Labute approximate surface area is 135 Å². The lowest BCUT2D eigenvalue weighted by atomic mass is 9.71. The lowest BCUT2D eigenvalue weighted by Crippen LogP contribution is -2.24. The van der Waals surface area contributed by atoms with Gasteiger partial charge in [0.2, 0.25) is 0 Å². The highest BCUT2D eigenvalue weighted by molar-refractivity contribution is 9.10. The van der Waals surface area contributed by atoms with Gasteiger partial charge in [-0.25, -0.2) is 0 Å². The Hall–Kier alpha value is -1.28. The molecule has 0 radical (unpaired) electrons. The number of rotatable bonds is 4. The molecule has 0 bridgehead atoms. The largest absolute Gasteiger partial charge is 0.508 e. The molecule has 1 aliphatic rings. The predicted octanol–water partition coefficient (Wildman–Crippen LogP) is 6.02. The van der Waals surface area contributed by atoms with Gasteiger partial charge in [-0.3, -0.25) is 0 Å². The molecular formula is C19H21BrO. The number of hydrogen-bond donors (Lipinski definition) is 1. The molecule has 1 aliphatic carbocycles. The summed E-state index contributed by atoms with van der Waals surface area (Å²) in [7, 11) is 0. The van der Waals surface area contributed by atoms with Gasteiger partial charge in [0.25, 0.3) is 0 Å². The second-order valence-electron chi connectivity index (χ2n) is 6.00. The molecule has 21 heavy (non-hydrogen) atoms. The summed E-state index contributed by atoms with van der Waals surface area (Å²) in [5, 5.41) is 9.99. The van der Waals surface area contributed by atoms with E-state index in [0.29, 0.717) is 5.75 Å². The van der Waals surface area contributed by atoms with Gasteiger partial charge in [-0.2, -0.15) is 0 Å². The highest BCUT2D eigenvalue weighted by Crippen LogP contribution is 2.54. The third-order valence-corrected chi connectivity index (χ3v) is 5.15. The van der Waals surface area contributed by atoms with Crippen molar-refractivity contribution in [1.82, 2.24) is 0 Å². The fourth-order valence-electron chi connectivity index (χ4n) is 3.97. The van der Waals surface area contributed by atoms with Crippen LogP contribution in [0.5, 0.6) is 5.75 Å². The zero-order chi connectivity index (χ0) is 15.0. The summed E-state index contributed by atoms with van der Waals surface area (Å²) in [4.78, 5) is 0. The van der Waals surface area contributed by atoms with Gasteiger partial charge >= 0.3 is 0 Å². The summed E-state index contributed by atoms with van der Waals surface area (Å²) < 4.78 is 1.13. The van der Waals surface area contributed by atoms with Crippen LogP contribution in [0.15, 0.2) is 40.9 Å². The molecule has 0 fully saturated rings. The van der Waals surface area contributed by atoms with Crippen molar-refractivity contribution in [3.8, 4) is 16.9 Å². The maximum absolute atomic E-state index is 9.99. The SMILES string of the molecule is CCCC1(CCC)c2cc(O)ccc2-c2ccc(Br)cc21. The monoisotopic (exact) mass is 344 g/mol. The van der Waals surface area contributed by atoms with Gasteiger partial charge in [-0.1, -0.05) is 54.8 Å². The van der Waals surface area contributed by atoms with Crippen molar-refractivity contribution in [2.45, 2.75) is 44.9 Å². The maximum Gasteiger partial charge on any atom is 0.115 e. The molecule has 0 amide bonds. The minimum absolute atomic E-state index is 0.0523. The number of aromatic hydroxyl groups is 1. The number of halogens is 1. The smallest absolute Gasteiger partial charge is 0.115 e. The molecule has 0 aromatic heterocycles. The lowest BCUT2D eigenvalue weighted by molar-refractivity contribution is 0.429. The third kappa shape index (κ3) is 2.20. The molecule has 0 atom stereocenters. The van der Waals surface area contributed by atoms with E-state index in [0.717, 1.165) is 30.2 Å². The zero-order valence-electron chi connectivity index (χ0n) is 12.6. The van der Waals surface area contributed by atoms with Gasteiger partial charge in [0.15, 0.2) is 0 Å². The highest BCUT2D eigenvalue weighted by atomic mass is 79.9. The first kappa shape index (κ1) is 14.6. The molecule has 3 rings (SSSR count). The first-order chi connectivity index (χ1) is 10.1. The maximum atomic E-state index is 9.99. The Morgan fingerprint density at radius 2 is 1.48 bits per heavy atom. The fourth-order valence-corrected chi connectivity index (χ4v) is 4.33. The first-order valence-electron chi connectivity index (χ1n) is 7.76. The van der Waals surface area contributed by atoms with Gasteiger partial charge in [-0.05, 0) is 59.4 Å². The van der Waals surface area contributed by atoms with Crippen LogP contribution in [0.1, 0.15) is 50.7 Å². The Kier molecular flexibility index (Phi) is 3.83. The van der Waals surface area contributed by atoms with Gasteiger partial charge in [0.05, 0.1) is 0 Å². The Morgan fingerprint density at radius 1 is 0.905 bits per heavy atom. The molecule has 2 aromatic carbocycles. The van der Waals surface area contributed by atoms with Crippen LogP contribution in [0.2, 0.25) is 0 Å². The summed E-state index contributed by atoms with van der Waals surface area (Å²) >= 11 is 3.63. The summed E-state index contributed by atoms with van der Waals surface area (Å²) in [5.41, 5.74) is 5.39. The number of hydrogen-bond acceptors (Lipinski definition) is 1. The Balaban J connectivity index is 2.32. The first-order valence-corrected chi connectivity index (χ1v) is 8.55. The molecule has 1 N–H and O–H groups in total. The van der Waals surface area contributed by atoms with E-state index in [2.05, 4.69) is 54.0 Å². The molecule has 0 unspecified atom stereocenters. The summed E-state index contributed by atoms with van der Waals surface area (Å²) in [6.07, 6.45) is 4.53. The molecule has 0 spiro atoms. The van der Waals surface area contributed by atoms with Crippen LogP contribution in [-0.2, 0) is 5.41 Å². The van der Waals surface area contributed by atoms with Crippen molar-refractivity contribution < 1.29 is 5.11 Å². The van der Waals surface area contributed by atoms with E-state index in [9.17, 15) is 5.11 Å². The number of phenols is 1. The molecule has 0 aliphatic heterocycles. The molecule has 110 valence electrons. The topological polar surface area (TPSA) is 20.2 Å². The van der Waals surface area contributed by atoms with E-state index in [1.165, 1.54) is 22.3 Å². The average molecular weight is 345 g/mol. The van der Waals surface area contributed by atoms with Crippen molar-refractivity contribution in [1.29, 1.82) is 0 Å². The van der Waals surface area contributed by atoms with Crippen molar-refractivity contribution >= 4 is 15.9 Å². The van der Waals surface area contributed by atoms with Crippen molar-refractivity contribution in [2.24, 2.45) is 0 Å². The van der Waals surface area contributed by atoms with Crippen LogP contribution >= 0.6 is 15.9 Å². The number of phenolic OH excluding ortho intramolecular Hbond substituents is 1. The standard InChI is InChI=1S/C19H21BrO/c1-3-9-19(10-4-2)17-11-13(20)5-7-15(17)16-8-6-14(21)12-18(16)19/h5-8,11-12,21H,3-4,9-10H2,1-2H3. The Morgan fingerprint density at radius 3 is 2.10 bits per heavy atom. The molecular weight excluding hydrogens is 324 g/mol. The van der Waals surface area contributed by atoms with Crippen LogP contribution in [-0.4, -0.2) is 5.11 Å². The van der Waals surface area contributed by atoms with E-state index >= 15 is 0 Å². The van der Waals surface area contributed by atoms with Gasteiger partial charge in [0, 0.05) is 9.89 Å². The molecule has 0 saturated heterocycles. The van der Waals surface area contributed by atoms with E-state index in [1.807, 2.05) is 6.07 Å². The average Bonchev–Trinajstić information content (AvgIpc) is 2.70. The van der Waals surface area contributed by atoms with E-state index in [-0.39, 0.29) is 5.41 Å². The molecule has 2 heteroatoms. The predicted molar refractivity (Wildman–Crippen MR) is 91.8 cm³/mol. The summed E-state index contributed by atoms with van der Waals surface area (Å²) in [6.45, 7) is 4.49. The van der Waals surface area contributed by atoms with Crippen molar-refractivity contribution in [3.05, 3.63) is 52.0 Å². The number of fused-ring (bicyclic) bond motifs is 3. The van der Waals surface area contributed by atoms with Crippen LogP contribution in [0, 0.1) is 0 Å². The van der Waals surface area contributed by atoms with Crippen LogP contribution in [0.25, 0.3) is 11.1 Å². The third-order valence-electron chi connectivity index (χ3n) is 4.66. The van der Waals surface area contributed by atoms with Gasteiger partial charge in [-0.15, -0.1) is 0 Å². The van der Waals surface area contributed by atoms with Crippen molar-refractivity contribution in [3.63, 3.8) is 0 Å². The van der Waals surface area contributed by atoms with Crippen molar-refractivity contribution in [2.75, 3.05) is 0 Å². The second kappa shape index (κ2) is 5.49. The highest BCUT2D eigenvalue weighted by Gasteiger charge is 2.41. The number of benzene rings is 2. The molecule has 1 nitrogen and oxygen atoms in total. The van der Waals surface area contributed by atoms with Gasteiger partial charge < -0.3 is 5.11 Å². The fraction of sp³-hybridized carbons (Fsp3) is 0.368. The molecule has 0 saturated carbocycles. The van der Waals surface area contributed by atoms with Crippen LogP contribution in [0.3, 0.4) is 0 Å². The zero-order valence-corrected chi connectivity index (χ0v) is 14.2. The minimum atomic E-state index is 0.0523. The Bertz CT molecular complexity index is 616. The molecule has 2 aromatic rings. The normalized spacial score (nSPS) is 14.8. The quantitative estimate of drug-likeness (QED) is 0.718.